The summed E-state index contributed by atoms with van der Waals surface area (Å²) >= 11 is 0. The molecule has 2 aromatic carbocycles. The van der Waals surface area contributed by atoms with Gasteiger partial charge in [-0.2, -0.15) is 0 Å². The van der Waals surface area contributed by atoms with Crippen molar-refractivity contribution in [2.75, 3.05) is 27.2 Å². The maximum absolute atomic E-state index is 2.55. The molecule has 0 amide bonds. The molecule has 0 N–H and O–H groups in total. The SMILES string of the molecule is CN(C)CCN1Cc2ccccc2-c2ccccc2C1. The maximum atomic E-state index is 2.55. The minimum atomic E-state index is 1.04. The van der Waals surface area contributed by atoms with Crippen LogP contribution in [0.2, 0.25) is 0 Å². The van der Waals surface area contributed by atoms with E-state index in [1.165, 1.54) is 22.3 Å². The van der Waals surface area contributed by atoms with E-state index in [9.17, 15) is 0 Å². The van der Waals surface area contributed by atoms with Gasteiger partial charge in [0.25, 0.3) is 0 Å². The Kier molecular flexibility index (Phi) is 3.86. The first kappa shape index (κ1) is 13.3. The van der Waals surface area contributed by atoms with Crippen molar-refractivity contribution in [3.8, 4) is 11.1 Å². The van der Waals surface area contributed by atoms with Crippen LogP contribution in [0.1, 0.15) is 11.1 Å². The van der Waals surface area contributed by atoms with Crippen LogP contribution in [-0.4, -0.2) is 37.0 Å². The van der Waals surface area contributed by atoms with Crippen LogP contribution < -0.4 is 0 Å². The highest BCUT2D eigenvalue weighted by Crippen LogP contribution is 2.32. The lowest BCUT2D eigenvalue weighted by molar-refractivity contribution is 0.228. The van der Waals surface area contributed by atoms with Crippen LogP contribution in [0.15, 0.2) is 48.5 Å². The Bertz CT molecular complexity index is 542. The van der Waals surface area contributed by atoms with Crippen molar-refractivity contribution in [2.24, 2.45) is 0 Å². The quantitative estimate of drug-likeness (QED) is 0.841. The molecular weight excluding hydrogens is 244 g/mol. The van der Waals surface area contributed by atoms with Crippen LogP contribution in [0.3, 0.4) is 0 Å². The van der Waals surface area contributed by atoms with Crippen molar-refractivity contribution in [1.82, 2.24) is 9.80 Å². The molecule has 0 aromatic heterocycles. The Hall–Kier alpha value is -1.64. The number of likely N-dealkylation sites (N-methyl/N-ethyl adjacent to an activating group) is 1. The molecular formula is C18H22N2. The normalized spacial score (nSPS) is 14.8. The molecule has 0 aliphatic carbocycles. The maximum Gasteiger partial charge on any atom is 0.0243 e. The van der Waals surface area contributed by atoms with Gasteiger partial charge >= 0.3 is 0 Å². The molecule has 0 saturated carbocycles. The summed E-state index contributed by atoms with van der Waals surface area (Å²) in [5.74, 6) is 0. The molecule has 0 radical (unpaired) electrons. The van der Waals surface area contributed by atoms with Gasteiger partial charge in [0.15, 0.2) is 0 Å². The zero-order valence-electron chi connectivity index (χ0n) is 12.3. The highest BCUT2D eigenvalue weighted by Gasteiger charge is 2.18. The summed E-state index contributed by atoms with van der Waals surface area (Å²) in [6, 6.07) is 17.6. The van der Waals surface area contributed by atoms with Crippen LogP contribution in [0, 0.1) is 0 Å². The molecule has 0 saturated heterocycles. The largest absolute Gasteiger partial charge is 0.308 e. The highest BCUT2D eigenvalue weighted by atomic mass is 15.2. The van der Waals surface area contributed by atoms with Gasteiger partial charge in [-0.3, -0.25) is 4.90 Å². The lowest BCUT2D eigenvalue weighted by Crippen LogP contribution is -2.30. The third-order valence-corrected chi connectivity index (χ3v) is 3.98. The number of fused-ring (bicyclic) bond motifs is 3. The van der Waals surface area contributed by atoms with Crippen LogP contribution >= 0.6 is 0 Å². The molecule has 2 aromatic rings. The fraction of sp³-hybridized carbons (Fsp3) is 0.333. The van der Waals surface area contributed by atoms with Crippen LogP contribution in [0.25, 0.3) is 11.1 Å². The first-order valence-corrected chi connectivity index (χ1v) is 7.27. The zero-order valence-corrected chi connectivity index (χ0v) is 12.3. The van der Waals surface area contributed by atoms with Gasteiger partial charge < -0.3 is 4.90 Å². The fourth-order valence-corrected chi connectivity index (χ4v) is 2.88. The fourth-order valence-electron chi connectivity index (χ4n) is 2.88. The highest BCUT2D eigenvalue weighted by molar-refractivity contribution is 5.71. The molecule has 20 heavy (non-hydrogen) atoms. The topological polar surface area (TPSA) is 6.48 Å². The first-order valence-electron chi connectivity index (χ1n) is 7.27. The predicted octanol–water partition coefficient (Wildman–Crippen LogP) is 3.23. The van der Waals surface area contributed by atoms with Crippen molar-refractivity contribution in [2.45, 2.75) is 13.1 Å². The number of nitrogens with zero attached hydrogens (tertiary/aromatic N) is 2. The average molecular weight is 266 g/mol. The number of hydrogen-bond donors (Lipinski definition) is 0. The standard InChI is InChI=1S/C18H22N2/c1-19(2)11-12-20-13-15-7-3-5-9-17(15)18-10-6-4-8-16(18)14-20/h3-10H,11-14H2,1-2H3. The molecule has 3 rings (SSSR count). The molecule has 104 valence electrons. The number of hydrogen-bond acceptors (Lipinski definition) is 2. The van der Waals surface area contributed by atoms with Crippen LogP contribution in [-0.2, 0) is 13.1 Å². The lowest BCUT2D eigenvalue weighted by Gasteiger charge is -2.22. The Morgan fingerprint density at radius 1 is 0.850 bits per heavy atom. The van der Waals surface area contributed by atoms with Gasteiger partial charge in [0.2, 0.25) is 0 Å². The molecule has 0 atom stereocenters. The second-order valence-electron chi connectivity index (χ2n) is 5.83. The monoisotopic (exact) mass is 266 g/mol. The average Bonchev–Trinajstić information content (AvgIpc) is 2.61. The minimum absolute atomic E-state index is 1.04. The van der Waals surface area contributed by atoms with E-state index in [0.29, 0.717) is 0 Å². The van der Waals surface area contributed by atoms with Gasteiger partial charge in [-0.25, -0.2) is 0 Å². The van der Waals surface area contributed by atoms with Crippen LogP contribution in [0.5, 0.6) is 0 Å². The van der Waals surface area contributed by atoms with E-state index in [1.807, 2.05) is 0 Å². The summed E-state index contributed by atoms with van der Waals surface area (Å²) in [7, 11) is 4.28. The van der Waals surface area contributed by atoms with Gasteiger partial charge in [-0.1, -0.05) is 48.5 Å². The molecule has 0 fully saturated rings. The van der Waals surface area contributed by atoms with Crippen molar-refractivity contribution < 1.29 is 0 Å². The smallest absolute Gasteiger partial charge is 0.0243 e. The van der Waals surface area contributed by atoms with E-state index >= 15 is 0 Å². The molecule has 0 unspecified atom stereocenters. The predicted molar refractivity (Wildman–Crippen MR) is 84.5 cm³/mol. The van der Waals surface area contributed by atoms with Crippen molar-refractivity contribution in [3.05, 3.63) is 59.7 Å². The van der Waals surface area contributed by atoms with Crippen molar-refractivity contribution >= 4 is 0 Å². The molecule has 0 bridgehead atoms. The molecule has 2 nitrogen and oxygen atoms in total. The molecule has 1 aliphatic rings. The van der Waals surface area contributed by atoms with Crippen molar-refractivity contribution in [3.63, 3.8) is 0 Å². The van der Waals surface area contributed by atoms with E-state index in [-0.39, 0.29) is 0 Å². The summed E-state index contributed by atoms with van der Waals surface area (Å²) in [4.78, 5) is 4.80. The first-order chi connectivity index (χ1) is 9.74. The summed E-state index contributed by atoms with van der Waals surface area (Å²) < 4.78 is 0. The summed E-state index contributed by atoms with van der Waals surface area (Å²) in [6.45, 7) is 4.29. The zero-order chi connectivity index (χ0) is 13.9. The summed E-state index contributed by atoms with van der Waals surface area (Å²) in [5, 5.41) is 0. The van der Waals surface area contributed by atoms with Crippen molar-refractivity contribution in [1.29, 1.82) is 0 Å². The molecule has 0 spiro atoms. The Balaban J connectivity index is 1.96. The molecule has 2 heteroatoms. The van der Waals surface area contributed by atoms with E-state index in [1.54, 1.807) is 0 Å². The van der Waals surface area contributed by atoms with E-state index in [2.05, 4.69) is 72.4 Å². The minimum Gasteiger partial charge on any atom is -0.308 e. The van der Waals surface area contributed by atoms with Crippen LogP contribution in [0.4, 0.5) is 0 Å². The van der Waals surface area contributed by atoms with Gasteiger partial charge in [0, 0.05) is 26.2 Å². The third kappa shape index (κ3) is 2.77. The van der Waals surface area contributed by atoms with Gasteiger partial charge in [0.05, 0.1) is 0 Å². The lowest BCUT2D eigenvalue weighted by atomic mass is 9.97. The second kappa shape index (κ2) is 5.78. The third-order valence-electron chi connectivity index (χ3n) is 3.98. The summed E-state index contributed by atoms with van der Waals surface area (Å²) in [5.41, 5.74) is 5.68. The summed E-state index contributed by atoms with van der Waals surface area (Å²) in [6.07, 6.45) is 0. The van der Waals surface area contributed by atoms with E-state index in [4.69, 9.17) is 0 Å². The van der Waals surface area contributed by atoms with Gasteiger partial charge in [0.1, 0.15) is 0 Å². The Morgan fingerprint density at radius 3 is 1.85 bits per heavy atom. The van der Waals surface area contributed by atoms with E-state index < -0.39 is 0 Å². The molecule has 1 heterocycles. The Labute approximate surface area is 121 Å². The van der Waals surface area contributed by atoms with E-state index in [0.717, 1.165) is 26.2 Å². The number of benzene rings is 2. The Morgan fingerprint density at radius 2 is 1.35 bits per heavy atom. The van der Waals surface area contributed by atoms with Gasteiger partial charge in [-0.05, 0) is 36.3 Å². The van der Waals surface area contributed by atoms with Gasteiger partial charge in [-0.15, -0.1) is 0 Å². The second-order valence-corrected chi connectivity index (χ2v) is 5.83. The number of rotatable bonds is 3. The molecule has 1 aliphatic heterocycles.